The van der Waals surface area contributed by atoms with Crippen LogP contribution in [-0.2, 0) is 5.41 Å². The van der Waals surface area contributed by atoms with Crippen LogP contribution in [0.3, 0.4) is 0 Å². The summed E-state index contributed by atoms with van der Waals surface area (Å²) < 4.78 is 0. The molecular weight excluding hydrogens is 164 g/mol. The van der Waals surface area contributed by atoms with Crippen molar-refractivity contribution in [3.63, 3.8) is 0 Å². The number of carbonyl (C=O) groups is 1. The van der Waals surface area contributed by atoms with Crippen LogP contribution < -0.4 is 5.73 Å². The van der Waals surface area contributed by atoms with Crippen LogP contribution in [0, 0.1) is 6.92 Å². The SMILES string of the molecule is Cc1[nH]c(C(C)(C)C)cc1C(N)=O. The van der Waals surface area contributed by atoms with E-state index in [4.69, 9.17) is 5.73 Å². The van der Waals surface area contributed by atoms with Crippen molar-refractivity contribution < 1.29 is 4.79 Å². The molecule has 0 radical (unpaired) electrons. The van der Waals surface area contributed by atoms with Gasteiger partial charge in [0.05, 0.1) is 5.56 Å². The second-order valence-electron chi connectivity index (χ2n) is 4.34. The van der Waals surface area contributed by atoms with Gasteiger partial charge in [-0.15, -0.1) is 0 Å². The highest BCUT2D eigenvalue weighted by Crippen LogP contribution is 2.23. The van der Waals surface area contributed by atoms with E-state index in [0.717, 1.165) is 11.4 Å². The van der Waals surface area contributed by atoms with E-state index in [9.17, 15) is 4.79 Å². The topological polar surface area (TPSA) is 58.9 Å². The Balaban J connectivity index is 3.17. The molecule has 3 N–H and O–H groups in total. The molecule has 1 rings (SSSR count). The molecule has 3 heteroatoms. The van der Waals surface area contributed by atoms with Crippen LogP contribution in [0.5, 0.6) is 0 Å². The van der Waals surface area contributed by atoms with Crippen molar-refractivity contribution in [2.45, 2.75) is 33.1 Å². The number of primary amides is 1. The third-order valence-corrected chi connectivity index (χ3v) is 2.09. The molecule has 0 unspecified atom stereocenters. The van der Waals surface area contributed by atoms with Gasteiger partial charge >= 0.3 is 0 Å². The largest absolute Gasteiger partial charge is 0.366 e. The van der Waals surface area contributed by atoms with Gasteiger partial charge in [-0.2, -0.15) is 0 Å². The van der Waals surface area contributed by atoms with E-state index in [-0.39, 0.29) is 11.3 Å². The molecular formula is C10H16N2O. The first-order valence-electron chi connectivity index (χ1n) is 4.32. The average Bonchev–Trinajstić information content (AvgIpc) is 2.29. The van der Waals surface area contributed by atoms with Crippen molar-refractivity contribution >= 4 is 5.91 Å². The van der Waals surface area contributed by atoms with Crippen LogP contribution >= 0.6 is 0 Å². The highest BCUT2D eigenvalue weighted by molar-refractivity contribution is 5.94. The smallest absolute Gasteiger partial charge is 0.250 e. The number of amides is 1. The van der Waals surface area contributed by atoms with Crippen molar-refractivity contribution in [1.82, 2.24) is 4.98 Å². The molecule has 0 aliphatic rings. The van der Waals surface area contributed by atoms with Crippen LogP contribution in [0.4, 0.5) is 0 Å². The fraction of sp³-hybridized carbons (Fsp3) is 0.500. The van der Waals surface area contributed by atoms with Gasteiger partial charge in [-0.25, -0.2) is 0 Å². The summed E-state index contributed by atoms with van der Waals surface area (Å²) >= 11 is 0. The van der Waals surface area contributed by atoms with Crippen molar-refractivity contribution in [3.05, 3.63) is 23.0 Å². The van der Waals surface area contributed by atoms with Gasteiger partial charge in [-0.05, 0) is 13.0 Å². The van der Waals surface area contributed by atoms with Crippen molar-refractivity contribution in [2.75, 3.05) is 0 Å². The third kappa shape index (κ3) is 1.91. The molecule has 0 fully saturated rings. The van der Waals surface area contributed by atoms with E-state index in [1.807, 2.05) is 13.0 Å². The standard InChI is InChI=1S/C10H16N2O/c1-6-7(9(11)13)5-8(12-6)10(2,3)4/h5,12H,1-4H3,(H2,11,13). The number of rotatable bonds is 1. The van der Waals surface area contributed by atoms with Gasteiger partial charge < -0.3 is 10.7 Å². The van der Waals surface area contributed by atoms with E-state index in [1.165, 1.54) is 0 Å². The highest BCUT2D eigenvalue weighted by Gasteiger charge is 2.18. The number of nitrogens with two attached hydrogens (primary N) is 1. The quantitative estimate of drug-likeness (QED) is 0.679. The summed E-state index contributed by atoms with van der Waals surface area (Å²) in [4.78, 5) is 14.1. The molecule has 1 aromatic heterocycles. The van der Waals surface area contributed by atoms with E-state index >= 15 is 0 Å². The van der Waals surface area contributed by atoms with Gasteiger partial charge in [-0.1, -0.05) is 20.8 Å². The molecule has 0 saturated heterocycles. The maximum absolute atomic E-state index is 11.0. The number of hydrogen-bond donors (Lipinski definition) is 2. The monoisotopic (exact) mass is 180 g/mol. The van der Waals surface area contributed by atoms with Gasteiger partial charge in [0, 0.05) is 16.8 Å². The van der Waals surface area contributed by atoms with Crippen molar-refractivity contribution in [1.29, 1.82) is 0 Å². The van der Waals surface area contributed by atoms with Crippen LogP contribution in [0.15, 0.2) is 6.07 Å². The predicted octanol–water partition coefficient (Wildman–Crippen LogP) is 1.72. The maximum atomic E-state index is 11.0. The lowest BCUT2D eigenvalue weighted by Gasteiger charge is -2.15. The number of aromatic amines is 1. The zero-order chi connectivity index (χ0) is 10.2. The van der Waals surface area contributed by atoms with Gasteiger partial charge in [0.25, 0.3) is 5.91 Å². The first kappa shape index (κ1) is 9.84. The third-order valence-electron chi connectivity index (χ3n) is 2.09. The number of H-pyrrole nitrogens is 1. The fourth-order valence-corrected chi connectivity index (χ4v) is 1.22. The summed E-state index contributed by atoms with van der Waals surface area (Å²) in [5.41, 5.74) is 7.71. The van der Waals surface area contributed by atoms with Gasteiger partial charge in [0.15, 0.2) is 0 Å². The van der Waals surface area contributed by atoms with E-state index < -0.39 is 0 Å². The number of nitrogens with one attached hydrogen (secondary N) is 1. The lowest BCUT2D eigenvalue weighted by Crippen LogP contribution is -2.12. The van der Waals surface area contributed by atoms with Crippen molar-refractivity contribution in [3.8, 4) is 0 Å². The molecule has 1 aromatic rings. The minimum atomic E-state index is -0.371. The van der Waals surface area contributed by atoms with E-state index in [1.54, 1.807) is 0 Å². The van der Waals surface area contributed by atoms with Crippen molar-refractivity contribution in [2.24, 2.45) is 5.73 Å². The van der Waals surface area contributed by atoms with Crippen LogP contribution in [0.1, 0.15) is 42.5 Å². The Bertz CT molecular complexity index is 331. The number of aromatic nitrogens is 1. The molecule has 3 nitrogen and oxygen atoms in total. The molecule has 1 amide bonds. The summed E-state index contributed by atoms with van der Waals surface area (Å²) in [7, 11) is 0. The average molecular weight is 180 g/mol. The summed E-state index contributed by atoms with van der Waals surface area (Å²) in [6.45, 7) is 8.12. The maximum Gasteiger partial charge on any atom is 0.250 e. The lowest BCUT2D eigenvalue weighted by molar-refractivity contribution is 0.1000. The predicted molar refractivity (Wildman–Crippen MR) is 52.7 cm³/mol. The first-order valence-corrected chi connectivity index (χ1v) is 4.32. The van der Waals surface area contributed by atoms with Crippen LogP contribution in [-0.4, -0.2) is 10.9 Å². The molecule has 72 valence electrons. The minimum absolute atomic E-state index is 0.0263. The Morgan fingerprint density at radius 3 is 2.23 bits per heavy atom. The zero-order valence-electron chi connectivity index (χ0n) is 8.56. The molecule has 0 saturated carbocycles. The first-order chi connectivity index (χ1) is 5.82. The number of carbonyl (C=O) groups excluding carboxylic acids is 1. The molecule has 0 aromatic carbocycles. The second kappa shape index (κ2) is 2.91. The van der Waals surface area contributed by atoms with E-state index in [0.29, 0.717) is 5.56 Å². The molecule has 0 atom stereocenters. The molecule has 0 aliphatic carbocycles. The van der Waals surface area contributed by atoms with Gasteiger partial charge in [0.1, 0.15) is 0 Å². The normalized spacial score (nSPS) is 11.7. The van der Waals surface area contributed by atoms with Crippen LogP contribution in [0.25, 0.3) is 0 Å². The summed E-state index contributed by atoms with van der Waals surface area (Å²) in [6, 6.07) is 1.83. The molecule has 1 heterocycles. The van der Waals surface area contributed by atoms with Gasteiger partial charge in [0.2, 0.25) is 0 Å². The van der Waals surface area contributed by atoms with E-state index in [2.05, 4.69) is 25.8 Å². The Morgan fingerprint density at radius 1 is 1.46 bits per heavy atom. The van der Waals surface area contributed by atoms with Crippen LogP contribution in [0.2, 0.25) is 0 Å². The minimum Gasteiger partial charge on any atom is -0.366 e. The highest BCUT2D eigenvalue weighted by atomic mass is 16.1. The summed E-state index contributed by atoms with van der Waals surface area (Å²) in [6.07, 6.45) is 0. The Labute approximate surface area is 78.3 Å². The molecule has 0 bridgehead atoms. The lowest BCUT2D eigenvalue weighted by atomic mass is 9.92. The Hall–Kier alpha value is -1.25. The molecule has 13 heavy (non-hydrogen) atoms. The fourth-order valence-electron chi connectivity index (χ4n) is 1.22. The molecule has 0 spiro atoms. The summed E-state index contributed by atoms with van der Waals surface area (Å²) in [5, 5.41) is 0. The second-order valence-corrected chi connectivity index (χ2v) is 4.34. The summed E-state index contributed by atoms with van der Waals surface area (Å²) in [5.74, 6) is -0.371. The Morgan fingerprint density at radius 2 is 2.00 bits per heavy atom. The number of hydrogen-bond acceptors (Lipinski definition) is 1. The Kier molecular flexibility index (Phi) is 2.20. The zero-order valence-corrected chi connectivity index (χ0v) is 8.56. The number of aryl methyl sites for hydroxylation is 1. The van der Waals surface area contributed by atoms with Gasteiger partial charge in [-0.3, -0.25) is 4.79 Å². The molecule has 0 aliphatic heterocycles.